The van der Waals surface area contributed by atoms with Crippen LogP contribution >= 0.6 is 11.6 Å². The Kier molecular flexibility index (Phi) is 9.97. The van der Waals surface area contributed by atoms with E-state index in [-0.39, 0.29) is 48.0 Å². The summed E-state index contributed by atoms with van der Waals surface area (Å²) in [6.45, 7) is 3.97. The molecule has 0 saturated heterocycles. The Labute approximate surface area is 251 Å². The van der Waals surface area contributed by atoms with Gasteiger partial charge in [0.05, 0.1) is 30.5 Å². The van der Waals surface area contributed by atoms with Crippen LogP contribution in [0.5, 0.6) is 5.75 Å². The maximum atomic E-state index is 13.5. The van der Waals surface area contributed by atoms with Crippen LogP contribution in [0.25, 0.3) is 0 Å². The Morgan fingerprint density at radius 2 is 1.81 bits per heavy atom. The van der Waals surface area contributed by atoms with Gasteiger partial charge in [-0.05, 0) is 61.5 Å². The average molecular weight is 615 g/mol. The lowest BCUT2D eigenvalue weighted by molar-refractivity contribution is -0.134. The number of benzene rings is 3. The number of halogens is 1. The summed E-state index contributed by atoms with van der Waals surface area (Å²) in [5, 5.41) is 13.1. The van der Waals surface area contributed by atoms with Crippen molar-refractivity contribution in [2.45, 2.75) is 37.3 Å². The van der Waals surface area contributed by atoms with Gasteiger partial charge in [0.2, 0.25) is 5.91 Å². The summed E-state index contributed by atoms with van der Waals surface area (Å²) < 4.78 is 35.0. The molecule has 3 N–H and O–H groups in total. The fourth-order valence-electron chi connectivity index (χ4n) is 4.63. The highest BCUT2D eigenvalue weighted by Gasteiger charge is 2.32. The van der Waals surface area contributed by atoms with E-state index < -0.39 is 22.2 Å². The predicted octanol–water partition coefficient (Wildman–Crippen LogP) is 4.45. The molecule has 3 aromatic carbocycles. The molecule has 3 aromatic rings. The zero-order valence-electron chi connectivity index (χ0n) is 23.7. The maximum absolute atomic E-state index is 13.5. The number of likely N-dealkylation sites (N-methyl/N-ethyl adjacent to an activating group) is 1. The second kappa shape index (κ2) is 13.5. The Hall–Kier alpha value is -3.80. The van der Waals surface area contributed by atoms with E-state index in [9.17, 15) is 23.1 Å². The molecule has 0 fully saturated rings. The highest BCUT2D eigenvalue weighted by Crippen LogP contribution is 2.30. The van der Waals surface area contributed by atoms with Crippen LogP contribution in [0.2, 0.25) is 5.02 Å². The van der Waals surface area contributed by atoms with Gasteiger partial charge in [0.1, 0.15) is 11.9 Å². The van der Waals surface area contributed by atoms with E-state index in [4.69, 9.17) is 16.3 Å². The van der Waals surface area contributed by atoms with Crippen molar-refractivity contribution >= 4 is 44.9 Å². The molecular weight excluding hydrogens is 580 g/mol. The van der Waals surface area contributed by atoms with Gasteiger partial charge in [-0.25, -0.2) is 13.2 Å². The Morgan fingerprint density at radius 1 is 1.12 bits per heavy atom. The third kappa shape index (κ3) is 7.72. The fourth-order valence-corrected chi connectivity index (χ4v) is 5.81. The third-order valence-electron chi connectivity index (χ3n) is 7.12. The summed E-state index contributed by atoms with van der Waals surface area (Å²) in [6.07, 6.45) is -0.592. The van der Waals surface area contributed by atoms with E-state index in [0.29, 0.717) is 28.6 Å². The molecule has 3 atom stereocenters. The normalized spacial score (nSPS) is 18.0. The van der Waals surface area contributed by atoms with E-state index in [1.165, 1.54) is 29.2 Å². The van der Waals surface area contributed by atoms with Gasteiger partial charge in [-0.15, -0.1) is 0 Å². The number of anilines is 2. The number of urea groups is 1. The molecule has 0 bridgehead atoms. The monoisotopic (exact) mass is 614 g/mol. The minimum absolute atomic E-state index is 0.0384. The molecule has 1 heterocycles. The standard InChI is InChI=1S/C30H35ClN4O6S/c1-20-17-35(21(2)19-36)29(37)16-22-15-25(33-42(39,40)26-12-9-23(31)10-13-26)11-14-27(22)41-28(20)18-34(3)30(38)32-24-7-5-4-6-8-24/h4-15,20-21,28,33,36H,16-19H2,1-3H3,(H,32,38)/t20-,21-,28+/m0/s1. The van der Waals surface area contributed by atoms with E-state index in [2.05, 4.69) is 10.0 Å². The first-order valence-electron chi connectivity index (χ1n) is 13.5. The minimum Gasteiger partial charge on any atom is -0.488 e. The smallest absolute Gasteiger partial charge is 0.321 e. The van der Waals surface area contributed by atoms with Gasteiger partial charge in [0, 0.05) is 41.5 Å². The van der Waals surface area contributed by atoms with E-state index in [1.807, 2.05) is 25.1 Å². The van der Waals surface area contributed by atoms with Crippen molar-refractivity contribution in [3.63, 3.8) is 0 Å². The topological polar surface area (TPSA) is 128 Å². The van der Waals surface area contributed by atoms with Gasteiger partial charge in [-0.1, -0.05) is 36.7 Å². The van der Waals surface area contributed by atoms with Crippen LogP contribution in [0.3, 0.4) is 0 Å². The number of ether oxygens (including phenoxy) is 1. The number of para-hydroxylation sites is 1. The number of rotatable bonds is 8. The highest BCUT2D eigenvalue weighted by molar-refractivity contribution is 7.92. The van der Waals surface area contributed by atoms with E-state index in [0.717, 1.165) is 0 Å². The number of carbonyl (C=O) groups is 2. The summed E-state index contributed by atoms with van der Waals surface area (Å²) >= 11 is 5.90. The minimum atomic E-state index is -3.92. The highest BCUT2D eigenvalue weighted by atomic mass is 35.5. The van der Waals surface area contributed by atoms with Crippen molar-refractivity contribution < 1.29 is 27.9 Å². The van der Waals surface area contributed by atoms with Crippen LogP contribution in [0, 0.1) is 5.92 Å². The number of aliphatic hydroxyl groups is 1. The second-order valence-corrected chi connectivity index (χ2v) is 12.6. The number of aliphatic hydroxyl groups excluding tert-OH is 1. The van der Waals surface area contributed by atoms with Gasteiger partial charge in [-0.2, -0.15) is 0 Å². The van der Waals surface area contributed by atoms with E-state index >= 15 is 0 Å². The molecule has 1 aliphatic heterocycles. The Balaban J connectivity index is 1.62. The zero-order valence-corrected chi connectivity index (χ0v) is 25.2. The molecule has 1 aliphatic rings. The molecule has 0 spiro atoms. The first-order valence-corrected chi connectivity index (χ1v) is 15.4. The van der Waals surface area contributed by atoms with Gasteiger partial charge in [-0.3, -0.25) is 9.52 Å². The van der Waals surface area contributed by atoms with Gasteiger partial charge in [0.25, 0.3) is 10.0 Å². The lowest BCUT2D eigenvalue weighted by Gasteiger charge is -2.34. The third-order valence-corrected chi connectivity index (χ3v) is 8.77. The van der Waals surface area contributed by atoms with Gasteiger partial charge < -0.3 is 25.0 Å². The first-order chi connectivity index (χ1) is 20.0. The lowest BCUT2D eigenvalue weighted by atomic mass is 10.0. The van der Waals surface area contributed by atoms with Crippen LogP contribution in [-0.2, 0) is 21.2 Å². The first kappa shape index (κ1) is 31.1. The quantitative estimate of drug-likeness (QED) is 0.344. The Bertz CT molecular complexity index is 1500. The lowest BCUT2D eigenvalue weighted by Crippen LogP contribution is -2.48. The van der Waals surface area contributed by atoms with Crippen molar-refractivity contribution in [1.29, 1.82) is 0 Å². The molecule has 0 saturated carbocycles. The van der Waals surface area contributed by atoms with Crippen molar-refractivity contribution in [3.8, 4) is 5.75 Å². The van der Waals surface area contributed by atoms with Crippen LogP contribution in [0.1, 0.15) is 19.4 Å². The average Bonchev–Trinajstić information content (AvgIpc) is 3.00. The van der Waals surface area contributed by atoms with Crippen molar-refractivity contribution in [2.24, 2.45) is 5.92 Å². The fraction of sp³-hybridized carbons (Fsp3) is 0.333. The molecule has 3 amide bonds. The number of hydrogen-bond acceptors (Lipinski definition) is 6. The van der Waals surface area contributed by atoms with Crippen molar-refractivity contribution in [3.05, 3.63) is 83.4 Å². The summed E-state index contributed by atoms with van der Waals surface area (Å²) in [7, 11) is -2.26. The molecule has 0 radical (unpaired) electrons. The number of amides is 3. The molecule has 10 nitrogen and oxygen atoms in total. The molecule has 12 heteroatoms. The molecule has 0 unspecified atom stereocenters. The summed E-state index contributed by atoms with van der Waals surface area (Å²) in [6, 6.07) is 18.9. The van der Waals surface area contributed by atoms with Crippen molar-refractivity contribution in [2.75, 3.05) is 36.8 Å². The Morgan fingerprint density at radius 3 is 2.48 bits per heavy atom. The predicted molar refractivity (Wildman–Crippen MR) is 162 cm³/mol. The number of carbonyl (C=O) groups excluding carboxylic acids is 2. The SMILES string of the molecule is C[C@H]1CN([C@@H](C)CO)C(=O)Cc2cc(NS(=O)(=O)c3ccc(Cl)cc3)ccc2O[C@@H]1CN(C)C(=O)Nc1ccccc1. The number of hydrogen-bond donors (Lipinski definition) is 3. The summed E-state index contributed by atoms with van der Waals surface area (Å²) in [5.74, 6) is -0.0456. The van der Waals surface area contributed by atoms with Crippen molar-refractivity contribution in [1.82, 2.24) is 9.80 Å². The number of fused-ring (bicyclic) bond motifs is 1. The molecular formula is C30H35ClN4O6S. The number of nitrogens with one attached hydrogen (secondary N) is 2. The zero-order chi connectivity index (χ0) is 30.4. The summed E-state index contributed by atoms with van der Waals surface area (Å²) in [5.41, 5.74) is 1.39. The molecule has 4 rings (SSSR count). The van der Waals surface area contributed by atoms with E-state index in [1.54, 1.807) is 49.2 Å². The molecule has 0 aliphatic carbocycles. The van der Waals surface area contributed by atoms with Crippen LogP contribution in [-0.4, -0.2) is 74.2 Å². The molecule has 42 heavy (non-hydrogen) atoms. The van der Waals surface area contributed by atoms with Crippen LogP contribution < -0.4 is 14.8 Å². The largest absolute Gasteiger partial charge is 0.488 e. The van der Waals surface area contributed by atoms with Gasteiger partial charge in [0.15, 0.2) is 0 Å². The van der Waals surface area contributed by atoms with Crippen LogP contribution in [0.15, 0.2) is 77.7 Å². The number of sulfonamides is 1. The molecule has 0 aromatic heterocycles. The maximum Gasteiger partial charge on any atom is 0.321 e. The van der Waals surface area contributed by atoms with Gasteiger partial charge >= 0.3 is 6.03 Å². The number of nitrogens with zero attached hydrogens (tertiary/aromatic N) is 2. The molecule has 224 valence electrons. The second-order valence-electron chi connectivity index (χ2n) is 10.4. The van der Waals surface area contributed by atoms with Crippen LogP contribution in [0.4, 0.5) is 16.2 Å². The summed E-state index contributed by atoms with van der Waals surface area (Å²) in [4.78, 5) is 29.5.